The van der Waals surface area contributed by atoms with Crippen LogP contribution in [0.4, 0.5) is 4.39 Å². The van der Waals surface area contributed by atoms with Crippen LogP contribution < -0.4 is 0 Å². The van der Waals surface area contributed by atoms with Gasteiger partial charge in [0.05, 0.1) is 13.0 Å². The molecular formula is C23H27FO10. The number of carbonyl (C=O) groups is 4. The molecule has 1 heterocycles. The van der Waals surface area contributed by atoms with E-state index in [1.54, 1.807) is 13.0 Å². The summed E-state index contributed by atoms with van der Waals surface area (Å²) in [5.74, 6) is -3.60. The predicted octanol–water partition coefficient (Wildman–Crippen LogP) is 2.29. The van der Waals surface area contributed by atoms with Crippen LogP contribution in [-0.2, 0) is 47.6 Å². The lowest BCUT2D eigenvalue weighted by Crippen LogP contribution is -2.54. The van der Waals surface area contributed by atoms with Gasteiger partial charge in [-0.15, -0.1) is 0 Å². The monoisotopic (exact) mass is 482 g/mol. The van der Waals surface area contributed by atoms with Crippen LogP contribution in [0.15, 0.2) is 30.0 Å². The maximum atomic E-state index is 13.6. The maximum absolute atomic E-state index is 13.6. The van der Waals surface area contributed by atoms with Crippen molar-refractivity contribution in [2.45, 2.75) is 58.7 Å². The summed E-state index contributed by atoms with van der Waals surface area (Å²) in [5, 5.41) is 0. The van der Waals surface area contributed by atoms with E-state index in [2.05, 4.69) is 0 Å². The molecule has 0 spiro atoms. The Balaban J connectivity index is 2.35. The van der Waals surface area contributed by atoms with Gasteiger partial charge in [-0.3, -0.25) is 14.4 Å². The Morgan fingerprint density at radius 3 is 2.32 bits per heavy atom. The minimum Gasteiger partial charge on any atom is -0.463 e. The molecule has 1 aliphatic rings. The van der Waals surface area contributed by atoms with Gasteiger partial charge in [-0.05, 0) is 30.7 Å². The number of ether oxygens (including phenoxy) is 6. The summed E-state index contributed by atoms with van der Waals surface area (Å²) in [4.78, 5) is 47.1. The van der Waals surface area contributed by atoms with Crippen molar-refractivity contribution in [3.8, 4) is 0 Å². The second-order valence-corrected chi connectivity index (χ2v) is 7.27. The van der Waals surface area contributed by atoms with E-state index >= 15 is 0 Å². The predicted molar refractivity (Wildman–Crippen MR) is 113 cm³/mol. The lowest BCUT2D eigenvalue weighted by atomic mass is 10.0. The third kappa shape index (κ3) is 8.47. The van der Waals surface area contributed by atoms with Crippen LogP contribution in [0.3, 0.4) is 0 Å². The molecule has 186 valence electrons. The van der Waals surface area contributed by atoms with Crippen LogP contribution in [0, 0.1) is 5.82 Å². The quantitative estimate of drug-likeness (QED) is 0.224. The Bertz CT molecular complexity index is 928. The molecule has 34 heavy (non-hydrogen) atoms. The molecule has 1 aliphatic heterocycles. The van der Waals surface area contributed by atoms with Crippen LogP contribution in [0.5, 0.6) is 0 Å². The SMILES string of the molecule is CCOC(=O)/C(=C/c1cccc(F)c1)OC1CC(OC(C)=O)C(OC(C)=O)C(COC(C)=O)O1. The second-order valence-electron chi connectivity index (χ2n) is 7.27. The van der Waals surface area contributed by atoms with Crippen molar-refractivity contribution in [3.63, 3.8) is 0 Å². The van der Waals surface area contributed by atoms with Crippen molar-refractivity contribution in [3.05, 3.63) is 41.4 Å². The van der Waals surface area contributed by atoms with E-state index in [0.717, 1.165) is 6.92 Å². The number of hydrogen-bond donors (Lipinski definition) is 0. The third-order valence-electron chi connectivity index (χ3n) is 4.44. The zero-order valence-electron chi connectivity index (χ0n) is 19.3. The standard InChI is InChI=1S/C23H27FO10/c1-5-29-23(28)19(10-16-7-6-8-17(24)9-16)33-21-11-18(31-14(3)26)22(32-15(4)27)20(34-21)12-30-13(2)25/h6-10,18,20-22H,5,11-12H2,1-4H3/b19-10-. The van der Waals surface area contributed by atoms with Crippen molar-refractivity contribution < 1.29 is 52.0 Å². The van der Waals surface area contributed by atoms with Gasteiger partial charge in [-0.2, -0.15) is 0 Å². The summed E-state index contributed by atoms with van der Waals surface area (Å²) in [5.41, 5.74) is 0.324. The Hall–Kier alpha value is -3.47. The zero-order valence-corrected chi connectivity index (χ0v) is 19.3. The molecule has 4 unspecified atom stereocenters. The topological polar surface area (TPSA) is 124 Å². The highest BCUT2D eigenvalue weighted by molar-refractivity contribution is 5.91. The lowest BCUT2D eigenvalue weighted by molar-refractivity contribution is -0.257. The number of esters is 4. The van der Waals surface area contributed by atoms with Gasteiger partial charge in [0.25, 0.3) is 0 Å². The number of carbonyl (C=O) groups excluding carboxylic acids is 4. The minimum absolute atomic E-state index is 0.0495. The van der Waals surface area contributed by atoms with Crippen molar-refractivity contribution in [1.29, 1.82) is 0 Å². The summed E-state index contributed by atoms with van der Waals surface area (Å²) in [6.45, 7) is 4.83. The van der Waals surface area contributed by atoms with Crippen molar-refractivity contribution in [2.75, 3.05) is 13.2 Å². The van der Waals surface area contributed by atoms with E-state index in [1.165, 1.54) is 38.1 Å². The van der Waals surface area contributed by atoms with Gasteiger partial charge in [-0.25, -0.2) is 9.18 Å². The lowest BCUT2D eigenvalue weighted by Gasteiger charge is -2.39. The Morgan fingerprint density at radius 2 is 1.74 bits per heavy atom. The van der Waals surface area contributed by atoms with Crippen LogP contribution in [0.2, 0.25) is 0 Å². The van der Waals surface area contributed by atoms with Crippen LogP contribution >= 0.6 is 0 Å². The van der Waals surface area contributed by atoms with Crippen LogP contribution in [-0.4, -0.2) is 61.7 Å². The molecule has 0 aromatic heterocycles. The van der Waals surface area contributed by atoms with E-state index in [0.29, 0.717) is 5.56 Å². The number of hydrogen-bond acceptors (Lipinski definition) is 10. The van der Waals surface area contributed by atoms with E-state index in [9.17, 15) is 23.6 Å². The fourth-order valence-electron chi connectivity index (χ4n) is 3.21. The summed E-state index contributed by atoms with van der Waals surface area (Å²) in [6, 6.07) is 5.43. The van der Waals surface area contributed by atoms with Gasteiger partial charge in [0.1, 0.15) is 24.6 Å². The first-order chi connectivity index (χ1) is 16.1. The fraction of sp³-hybridized carbons (Fsp3) is 0.478. The van der Waals surface area contributed by atoms with Gasteiger partial charge in [-0.1, -0.05) is 12.1 Å². The fourth-order valence-corrected chi connectivity index (χ4v) is 3.21. The molecule has 1 fully saturated rings. The molecule has 2 rings (SSSR count). The normalized spacial score (nSPS) is 22.3. The smallest absolute Gasteiger partial charge is 0.373 e. The molecule has 0 bridgehead atoms. The third-order valence-corrected chi connectivity index (χ3v) is 4.44. The summed E-state index contributed by atoms with van der Waals surface area (Å²) >= 11 is 0. The average Bonchev–Trinajstić information content (AvgIpc) is 2.73. The summed E-state index contributed by atoms with van der Waals surface area (Å²) in [6.07, 6.45) is -3.26. The summed E-state index contributed by atoms with van der Waals surface area (Å²) in [7, 11) is 0. The average molecular weight is 482 g/mol. The van der Waals surface area contributed by atoms with Gasteiger partial charge < -0.3 is 28.4 Å². The van der Waals surface area contributed by atoms with Gasteiger partial charge in [0, 0.05) is 20.8 Å². The molecule has 1 saturated heterocycles. The number of benzene rings is 1. The largest absolute Gasteiger partial charge is 0.463 e. The number of halogens is 1. The molecule has 0 radical (unpaired) electrons. The molecule has 1 aromatic carbocycles. The first kappa shape index (κ1) is 26.8. The first-order valence-electron chi connectivity index (χ1n) is 10.5. The molecule has 0 N–H and O–H groups in total. The highest BCUT2D eigenvalue weighted by atomic mass is 19.1. The molecule has 4 atom stereocenters. The minimum atomic E-state index is -1.19. The van der Waals surface area contributed by atoms with Gasteiger partial charge in [0.2, 0.25) is 12.0 Å². The molecule has 10 nitrogen and oxygen atoms in total. The van der Waals surface area contributed by atoms with Crippen molar-refractivity contribution in [2.24, 2.45) is 0 Å². The van der Waals surface area contributed by atoms with E-state index < -0.39 is 54.3 Å². The van der Waals surface area contributed by atoms with E-state index in [1.807, 2.05) is 0 Å². The van der Waals surface area contributed by atoms with Gasteiger partial charge >= 0.3 is 23.9 Å². The molecule has 0 aliphatic carbocycles. The van der Waals surface area contributed by atoms with Gasteiger partial charge in [0.15, 0.2) is 6.10 Å². The molecule has 1 aromatic rings. The summed E-state index contributed by atoms with van der Waals surface area (Å²) < 4.78 is 45.7. The van der Waals surface area contributed by atoms with Crippen molar-refractivity contribution >= 4 is 30.0 Å². The highest BCUT2D eigenvalue weighted by Gasteiger charge is 2.45. The van der Waals surface area contributed by atoms with E-state index in [-0.39, 0.29) is 25.4 Å². The molecular weight excluding hydrogens is 455 g/mol. The molecule has 0 saturated carbocycles. The Labute approximate surface area is 195 Å². The van der Waals surface area contributed by atoms with Crippen molar-refractivity contribution in [1.82, 2.24) is 0 Å². The Morgan fingerprint density at radius 1 is 1.03 bits per heavy atom. The number of rotatable bonds is 9. The molecule has 11 heteroatoms. The molecule has 0 amide bonds. The van der Waals surface area contributed by atoms with Crippen LogP contribution in [0.25, 0.3) is 6.08 Å². The maximum Gasteiger partial charge on any atom is 0.373 e. The van der Waals surface area contributed by atoms with E-state index in [4.69, 9.17) is 28.4 Å². The van der Waals surface area contributed by atoms with Crippen LogP contribution in [0.1, 0.15) is 39.7 Å². The second kappa shape index (κ2) is 12.7. The first-order valence-corrected chi connectivity index (χ1v) is 10.5. The Kier molecular flexibility index (Phi) is 9.99. The highest BCUT2D eigenvalue weighted by Crippen LogP contribution is 2.29. The zero-order chi connectivity index (χ0) is 25.3.